The van der Waals surface area contributed by atoms with E-state index >= 15 is 0 Å². The van der Waals surface area contributed by atoms with Gasteiger partial charge in [0.2, 0.25) is 0 Å². The monoisotopic (exact) mass is 345 g/mol. The molecule has 128 valence electrons. The summed E-state index contributed by atoms with van der Waals surface area (Å²) >= 11 is 1.65. The van der Waals surface area contributed by atoms with Gasteiger partial charge in [0.1, 0.15) is 0 Å². The van der Waals surface area contributed by atoms with Crippen LogP contribution in [0.5, 0.6) is 11.5 Å². The van der Waals surface area contributed by atoms with Gasteiger partial charge in [0, 0.05) is 22.5 Å². The number of hydrogen-bond acceptors (Lipinski definition) is 4. The van der Waals surface area contributed by atoms with Crippen molar-refractivity contribution in [2.45, 2.75) is 19.9 Å². The molecule has 2 rings (SSSR count). The Morgan fingerprint density at radius 2 is 2.12 bits per heavy atom. The first-order valence-corrected chi connectivity index (χ1v) is 8.70. The molecule has 0 aliphatic rings. The summed E-state index contributed by atoms with van der Waals surface area (Å²) in [6.45, 7) is 7.01. The van der Waals surface area contributed by atoms with Crippen molar-refractivity contribution in [3.8, 4) is 11.5 Å². The molecule has 1 aromatic carbocycles. The van der Waals surface area contributed by atoms with Crippen LogP contribution in [0.15, 0.2) is 42.3 Å². The van der Waals surface area contributed by atoms with E-state index in [0.717, 1.165) is 10.4 Å². The van der Waals surface area contributed by atoms with Crippen LogP contribution in [-0.2, 0) is 13.0 Å². The summed E-state index contributed by atoms with van der Waals surface area (Å²) in [5.74, 6) is 1.19. The van der Waals surface area contributed by atoms with Crippen LogP contribution < -0.4 is 9.47 Å². The molecule has 1 aromatic heterocycles. The van der Waals surface area contributed by atoms with Crippen LogP contribution in [-0.4, -0.2) is 31.6 Å². The lowest BCUT2D eigenvalue weighted by molar-refractivity contribution is 0.0753. The Hall–Kier alpha value is -2.27. The second-order valence-corrected chi connectivity index (χ2v) is 6.29. The highest BCUT2D eigenvalue weighted by Gasteiger charge is 2.20. The fourth-order valence-corrected chi connectivity index (χ4v) is 3.29. The number of carbonyl (C=O) groups excluding carboxylic acids is 1. The lowest BCUT2D eigenvalue weighted by Gasteiger charge is -2.22. The lowest BCUT2D eigenvalue weighted by Crippen LogP contribution is -2.30. The third-order valence-corrected chi connectivity index (χ3v) is 4.62. The van der Waals surface area contributed by atoms with Gasteiger partial charge in [0.15, 0.2) is 11.5 Å². The summed E-state index contributed by atoms with van der Waals surface area (Å²) in [6.07, 6.45) is 2.40. The summed E-state index contributed by atoms with van der Waals surface area (Å²) in [7, 11) is 3.17. The highest BCUT2D eigenvalue weighted by molar-refractivity contribution is 7.09. The molecule has 0 saturated heterocycles. The molecule has 0 aliphatic heterocycles. The maximum atomic E-state index is 12.9. The summed E-state index contributed by atoms with van der Waals surface area (Å²) in [5, 5.41) is 2.02. The van der Waals surface area contributed by atoms with Crippen LogP contribution in [0.4, 0.5) is 0 Å². The predicted octanol–water partition coefficient (Wildman–Crippen LogP) is 4.16. The van der Waals surface area contributed by atoms with E-state index in [1.165, 1.54) is 0 Å². The number of nitrogens with zero attached hydrogens (tertiary/aromatic N) is 1. The number of carbonyl (C=O) groups is 1. The largest absolute Gasteiger partial charge is 0.493 e. The first-order valence-electron chi connectivity index (χ1n) is 7.82. The van der Waals surface area contributed by atoms with E-state index in [1.54, 1.807) is 37.7 Å². The SMILES string of the molecule is C=CCc1cc(C(=O)N(CC)Cc2cccs2)cc(OC)c1OC. The molecule has 0 atom stereocenters. The number of methoxy groups -OCH3 is 2. The van der Waals surface area contributed by atoms with Crippen molar-refractivity contribution in [2.75, 3.05) is 20.8 Å². The number of rotatable bonds is 8. The Morgan fingerprint density at radius 3 is 2.67 bits per heavy atom. The topological polar surface area (TPSA) is 38.8 Å². The Kier molecular flexibility index (Phi) is 6.44. The maximum absolute atomic E-state index is 12.9. The Balaban J connectivity index is 2.36. The molecule has 0 bridgehead atoms. The highest BCUT2D eigenvalue weighted by atomic mass is 32.1. The van der Waals surface area contributed by atoms with Crippen LogP contribution in [0.25, 0.3) is 0 Å². The Morgan fingerprint density at radius 1 is 1.33 bits per heavy atom. The zero-order valence-corrected chi connectivity index (χ0v) is 15.2. The average molecular weight is 345 g/mol. The van der Waals surface area contributed by atoms with Crippen LogP contribution in [0, 0.1) is 0 Å². The van der Waals surface area contributed by atoms with Gasteiger partial charge in [-0.05, 0) is 36.9 Å². The first-order chi connectivity index (χ1) is 11.6. The molecule has 0 N–H and O–H groups in total. The highest BCUT2D eigenvalue weighted by Crippen LogP contribution is 2.33. The predicted molar refractivity (Wildman–Crippen MR) is 98.2 cm³/mol. The molecule has 24 heavy (non-hydrogen) atoms. The van der Waals surface area contributed by atoms with Crippen LogP contribution in [0.1, 0.15) is 27.7 Å². The van der Waals surface area contributed by atoms with Crippen molar-refractivity contribution in [1.29, 1.82) is 0 Å². The van der Waals surface area contributed by atoms with Gasteiger partial charge in [-0.3, -0.25) is 4.79 Å². The van der Waals surface area contributed by atoms with Crippen molar-refractivity contribution in [2.24, 2.45) is 0 Å². The van der Waals surface area contributed by atoms with Gasteiger partial charge >= 0.3 is 0 Å². The normalized spacial score (nSPS) is 10.3. The standard InChI is InChI=1S/C19H23NO3S/c1-5-8-14-11-15(12-17(22-3)18(14)23-4)19(21)20(6-2)13-16-9-7-10-24-16/h5,7,9-12H,1,6,8,13H2,2-4H3. The molecule has 5 heteroatoms. The van der Waals surface area contributed by atoms with Crippen molar-refractivity contribution in [3.05, 3.63) is 58.3 Å². The Labute approximate surface area is 147 Å². The van der Waals surface area contributed by atoms with Gasteiger partial charge in [-0.15, -0.1) is 17.9 Å². The first kappa shape index (κ1) is 18.1. The average Bonchev–Trinajstić information content (AvgIpc) is 3.11. The smallest absolute Gasteiger partial charge is 0.254 e. The second-order valence-electron chi connectivity index (χ2n) is 5.26. The van der Waals surface area contributed by atoms with Crippen LogP contribution in [0.2, 0.25) is 0 Å². The van der Waals surface area contributed by atoms with Gasteiger partial charge in [-0.1, -0.05) is 12.1 Å². The van der Waals surface area contributed by atoms with Crippen molar-refractivity contribution < 1.29 is 14.3 Å². The number of benzene rings is 1. The van der Waals surface area contributed by atoms with E-state index < -0.39 is 0 Å². The van der Waals surface area contributed by atoms with E-state index in [1.807, 2.05) is 35.4 Å². The molecule has 4 nitrogen and oxygen atoms in total. The van der Waals surface area contributed by atoms with E-state index in [9.17, 15) is 4.79 Å². The summed E-state index contributed by atoms with van der Waals surface area (Å²) in [5.41, 5.74) is 1.49. The maximum Gasteiger partial charge on any atom is 0.254 e. The van der Waals surface area contributed by atoms with Gasteiger partial charge < -0.3 is 14.4 Å². The van der Waals surface area contributed by atoms with E-state index in [-0.39, 0.29) is 5.91 Å². The molecule has 0 unspecified atom stereocenters. The molecule has 0 saturated carbocycles. The third kappa shape index (κ3) is 3.97. The number of allylic oxidation sites excluding steroid dienone is 1. The summed E-state index contributed by atoms with van der Waals surface area (Å²) < 4.78 is 10.8. The Bertz CT molecular complexity index is 695. The minimum Gasteiger partial charge on any atom is -0.493 e. The fourth-order valence-electron chi connectivity index (χ4n) is 2.57. The van der Waals surface area contributed by atoms with E-state index in [2.05, 4.69) is 6.58 Å². The number of amides is 1. The molecule has 1 heterocycles. The quantitative estimate of drug-likeness (QED) is 0.675. The van der Waals surface area contributed by atoms with Gasteiger partial charge in [-0.25, -0.2) is 0 Å². The minimum atomic E-state index is -0.0165. The second kappa shape index (κ2) is 8.55. The molecular weight excluding hydrogens is 322 g/mol. The minimum absolute atomic E-state index is 0.0165. The van der Waals surface area contributed by atoms with Gasteiger partial charge in [0.25, 0.3) is 5.91 Å². The molecule has 0 aliphatic carbocycles. The number of hydrogen-bond donors (Lipinski definition) is 0. The van der Waals surface area contributed by atoms with Gasteiger partial charge in [-0.2, -0.15) is 0 Å². The van der Waals surface area contributed by atoms with Crippen molar-refractivity contribution >= 4 is 17.2 Å². The van der Waals surface area contributed by atoms with Crippen LogP contribution >= 0.6 is 11.3 Å². The van der Waals surface area contributed by atoms with Crippen LogP contribution in [0.3, 0.4) is 0 Å². The van der Waals surface area contributed by atoms with E-state index in [0.29, 0.717) is 36.6 Å². The van der Waals surface area contributed by atoms with Crippen molar-refractivity contribution in [1.82, 2.24) is 4.90 Å². The lowest BCUT2D eigenvalue weighted by atomic mass is 10.0. The summed E-state index contributed by atoms with van der Waals surface area (Å²) in [6, 6.07) is 7.64. The molecule has 1 amide bonds. The fraction of sp³-hybridized carbons (Fsp3) is 0.316. The molecule has 0 fully saturated rings. The number of ether oxygens (including phenoxy) is 2. The molecule has 2 aromatic rings. The zero-order chi connectivity index (χ0) is 17.5. The molecule has 0 radical (unpaired) electrons. The molecular formula is C19H23NO3S. The van der Waals surface area contributed by atoms with Gasteiger partial charge in [0.05, 0.1) is 20.8 Å². The van der Waals surface area contributed by atoms with Crippen molar-refractivity contribution in [3.63, 3.8) is 0 Å². The third-order valence-electron chi connectivity index (χ3n) is 3.76. The van der Waals surface area contributed by atoms with E-state index in [4.69, 9.17) is 9.47 Å². The number of thiophene rings is 1. The zero-order valence-electron chi connectivity index (χ0n) is 14.4. The molecule has 0 spiro atoms. The summed E-state index contributed by atoms with van der Waals surface area (Å²) in [4.78, 5) is 15.9.